The van der Waals surface area contributed by atoms with E-state index in [0.29, 0.717) is 22.5 Å². The molecule has 1 amide bonds. The van der Waals surface area contributed by atoms with Crippen LogP contribution in [0, 0.1) is 11.7 Å². The predicted molar refractivity (Wildman–Crippen MR) is 131 cm³/mol. The van der Waals surface area contributed by atoms with Gasteiger partial charge in [0.05, 0.1) is 29.0 Å². The third-order valence-electron chi connectivity index (χ3n) is 8.15. The van der Waals surface area contributed by atoms with Crippen molar-refractivity contribution in [1.29, 1.82) is 0 Å². The highest BCUT2D eigenvalue weighted by atomic mass is 19.1. The fraction of sp³-hybridized carbons (Fsp3) is 0.407. The molecule has 11 nitrogen and oxygen atoms in total. The van der Waals surface area contributed by atoms with Crippen molar-refractivity contribution in [1.82, 2.24) is 14.9 Å². The quantitative estimate of drug-likeness (QED) is 0.321. The maximum Gasteiger partial charge on any atom is 0.343 e. The van der Waals surface area contributed by atoms with Crippen LogP contribution in [0.2, 0.25) is 0 Å². The van der Waals surface area contributed by atoms with E-state index in [1.54, 1.807) is 13.0 Å². The summed E-state index contributed by atoms with van der Waals surface area (Å²) >= 11 is 0. The van der Waals surface area contributed by atoms with E-state index in [1.807, 2.05) is 0 Å². The molecule has 5 heterocycles. The smallest absolute Gasteiger partial charge is 0.343 e. The molecule has 3 aliphatic heterocycles. The Labute approximate surface area is 220 Å². The van der Waals surface area contributed by atoms with Crippen LogP contribution in [0.1, 0.15) is 48.4 Å². The topological polar surface area (TPSA) is 149 Å². The fourth-order valence-corrected chi connectivity index (χ4v) is 5.74. The SMILES string of the molecule is CC[C@@]1(O)C(=O)OCc2c1cc1n(c2=O)Cc2c-1nc1cc3c(c(F)c1c2CNC(=O)[C@@H](O)C1CC1)OCO3. The molecule has 0 bridgehead atoms. The molecule has 2 atom stereocenters. The largest absolute Gasteiger partial charge is 0.458 e. The molecule has 3 N–H and O–H groups in total. The number of fused-ring (bicyclic) bond motifs is 6. The van der Waals surface area contributed by atoms with Crippen LogP contribution in [0.25, 0.3) is 22.3 Å². The first-order chi connectivity index (χ1) is 18.7. The molecule has 1 aliphatic carbocycles. The number of carbonyl (C=O) groups is 2. The Kier molecular flexibility index (Phi) is 5.08. The number of cyclic esters (lactones) is 1. The predicted octanol–water partition coefficient (Wildman–Crippen LogP) is 1.33. The van der Waals surface area contributed by atoms with Crippen LogP contribution in [-0.4, -0.2) is 44.5 Å². The van der Waals surface area contributed by atoms with Gasteiger partial charge in [-0.1, -0.05) is 6.92 Å². The number of hydrogen-bond donors (Lipinski definition) is 3. The minimum atomic E-state index is -1.99. The molecule has 202 valence electrons. The second kappa shape index (κ2) is 8.23. The fourth-order valence-electron chi connectivity index (χ4n) is 5.74. The van der Waals surface area contributed by atoms with E-state index >= 15 is 4.39 Å². The first kappa shape index (κ1) is 24.0. The summed E-state index contributed by atoms with van der Waals surface area (Å²) in [5.74, 6) is -2.09. The number of aliphatic hydroxyl groups excluding tert-OH is 1. The number of carbonyl (C=O) groups excluding carboxylic acids is 2. The summed E-state index contributed by atoms with van der Waals surface area (Å²) in [6.07, 6.45) is 0.362. The molecule has 1 saturated carbocycles. The van der Waals surface area contributed by atoms with E-state index < -0.39 is 35.0 Å². The van der Waals surface area contributed by atoms with Crippen molar-refractivity contribution in [2.24, 2.45) is 5.92 Å². The third-order valence-corrected chi connectivity index (χ3v) is 8.15. The lowest BCUT2D eigenvalue weighted by Gasteiger charge is -2.31. The zero-order valence-electron chi connectivity index (χ0n) is 20.9. The van der Waals surface area contributed by atoms with Gasteiger partial charge in [0.1, 0.15) is 12.7 Å². The van der Waals surface area contributed by atoms with Crippen LogP contribution in [-0.2, 0) is 39.6 Å². The van der Waals surface area contributed by atoms with Gasteiger partial charge in [0.15, 0.2) is 17.2 Å². The average molecular weight is 538 g/mol. The van der Waals surface area contributed by atoms with E-state index in [0.717, 1.165) is 12.8 Å². The molecule has 0 radical (unpaired) electrons. The Hall–Kier alpha value is -4.03. The van der Waals surface area contributed by atoms with E-state index in [9.17, 15) is 24.6 Å². The molecular weight excluding hydrogens is 513 g/mol. The minimum Gasteiger partial charge on any atom is -0.458 e. The van der Waals surface area contributed by atoms with Crippen LogP contribution in [0.15, 0.2) is 16.9 Å². The second-order valence-electron chi connectivity index (χ2n) is 10.3. The Morgan fingerprint density at radius 3 is 2.79 bits per heavy atom. The lowest BCUT2D eigenvalue weighted by molar-refractivity contribution is -0.172. The summed E-state index contributed by atoms with van der Waals surface area (Å²) in [5.41, 5.74) is -0.346. The molecule has 0 spiro atoms. The van der Waals surface area contributed by atoms with Crippen molar-refractivity contribution < 1.29 is 38.4 Å². The number of nitrogens with zero attached hydrogens (tertiary/aromatic N) is 2. The van der Waals surface area contributed by atoms with E-state index in [2.05, 4.69) is 10.3 Å². The van der Waals surface area contributed by atoms with E-state index in [-0.39, 0.29) is 72.4 Å². The summed E-state index contributed by atoms with van der Waals surface area (Å²) in [5, 5.41) is 24.2. The second-order valence-corrected chi connectivity index (χ2v) is 10.3. The number of rotatable bonds is 5. The summed E-state index contributed by atoms with van der Waals surface area (Å²) in [7, 11) is 0. The van der Waals surface area contributed by atoms with Crippen LogP contribution in [0.3, 0.4) is 0 Å². The number of aliphatic hydroxyl groups is 2. The molecule has 39 heavy (non-hydrogen) atoms. The molecule has 3 aromatic rings. The van der Waals surface area contributed by atoms with Gasteiger partial charge in [0.25, 0.3) is 5.56 Å². The van der Waals surface area contributed by atoms with Gasteiger partial charge >= 0.3 is 5.97 Å². The van der Waals surface area contributed by atoms with Crippen molar-refractivity contribution >= 4 is 22.8 Å². The Morgan fingerprint density at radius 2 is 2.05 bits per heavy atom. The van der Waals surface area contributed by atoms with Crippen molar-refractivity contribution in [2.45, 2.75) is 57.6 Å². The number of halogens is 1. The van der Waals surface area contributed by atoms with Gasteiger partial charge < -0.3 is 34.3 Å². The Bertz CT molecular complexity index is 1680. The number of esters is 1. The lowest BCUT2D eigenvalue weighted by atomic mass is 9.86. The maximum absolute atomic E-state index is 15.8. The van der Waals surface area contributed by atoms with Crippen molar-refractivity contribution in [3.63, 3.8) is 0 Å². The number of amides is 1. The zero-order valence-corrected chi connectivity index (χ0v) is 20.9. The van der Waals surface area contributed by atoms with Crippen molar-refractivity contribution in [2.75, 3.05) is 6.79 Å². The molecule has 0 unspecified atom stereocenters. The minimum absolute atomic E-state index is 0.00494. The molecule has 4 aliphatic rings. The van der Waals surface area contributed by atoms with E-state index in [4.69, 9.17) is 14.2 Å². The van der Waals surface area contributed by atoms with Crippen LogP contribution in [0.5, 0.6) is 11.5 Å². The van der Waals surface area contributed by atoms with E-state index in [1.165, 1.54) is 10.6 Å². The zero-order chi connectivity index (χ0) is 27.2. The summed E-state index contributed by atoms with van der Waals surface area (Å²) in [6, 6.07) is 3.10. The van der Waals surface area contributed by atoms with Gasteiger partial charge in [-0.2, -0.15) is 0 Å². The highest BCUT2D eigenvalue weighted by Crippen LogP contribution is 2.45. The van der Waals surface area contributed by atoms with Gasteiger partial charge in [-0.25, -0.2) is 14.2 Å². The first-order valence-electron chi connectivity index (χ1n) is 12.8. The van der Waals surface area contributed by atoms with Crippen LogP contribution in [0.4, 0.5) is 4.39 Å². The van der Waals surface area contributed by atoms with Gasteiger partial charge in [-0.15, -0.1) is 0 Å². The molecular formula is C27H24FN3O8. The van der Waals surface area contributed by atoms with Gasteiger partial charge in [0.2, 0.25) is 18.4 Å². The monoisotopic (exact) mass is 537 g/mol. The number of nitrogens with one attached hydrogen (secondary N) is 1. The van der Waals surface area contributed by atoms with Gasteiger partial charge in [-0.05, 0) is 36.8 Å². The molecule has 12 heteroatoms. The molecule has 0 saturated heterocycles. The summed E-state index contributed by atoms with van der Waals surface area (Å²) in [6.45, 7) is 1.06. The first-order valence-corrected chi connectivity index (χ1v) is 12.8. The van der Waals surface area contributed by atoms with Crippen LogP contribution < -0.4 is 20.3 Å². The lowest BCUT2D eigenvalue weighted by Crippen LogP contribution is -2.44. The number of benzene rings is 1. The number of hydrogen-bond acceptors (Lipinski definition) is 9. The standard InChI is InChI=1S/C27H24FN3O8/c1-2-27(36)15-5-17-21-13(8-31(17)25(34)14(15)9-37-26(27)35)12(7-29-24(33)22(32)11-3-4-11)19-16(30-21)6-18-23(20(19)28)39-10-38-18/h5-6,11,22,32,36H,2-4,7-10H2,1H3,(H,29,33)/t22-,27-/m0/s1. The summed E-state index contributed by atoms with van der Waals surface area (Å²) in [4.78, 5) is 43.4. The van der Waals surface area contributed by atoms with Gasteiger partial charge in [0, 0.05) is 29.1 Å². The Balaban J connectivity index is 1.43. The molecule has 2 aromatic heterocycles. The number of ether oxygens (including phenoxy) is 3. The highest BCUT2D eigenvalue weighted by Gasteiger charge is 2.45. The Morgan fingerprint density at radius 1 is 1.26 bits per heavy atom. The van der Waals surface area contributed by atoms with Crippen molar-refractivity contribution in [3.05, 3.63) is 50.6 Å². The number of pyridine rings is 2. The normalized spacial score (nSPS) is 21.3. The van der Waals surface area contributed by atoms with Crippen molar-refractivity contribution in [3.8, 4) is 22.9 Å². The van der Waals surface area contributed by atoms with Crippen LogP contribution >= 0.6 is 0 Å². The molecule has 1 aromatic carbocycles. The summed E-state index contributed by atoms with van der Waals surface area (Å²) < 4.78 is 33.1. The molecule has 1 fully saturated rings. The number of aromatic nitrogens is 2. The molecule has 7 rings (SSSR count). The third kappa shape index (κ3) is 3.34. The maximum atomic E-state index is 15.8. The highest BCUT2D eigenvalue weighted by molar-refractivity contribution is 5.92. The average Bonchev–Trinajstić information content (AvgIpc) is 3.56. The van der Waals surface area contributed by atoms with Gasteiger partial charge in [-0.3, -0.25) is 9.59 Å².